The largest absolute Gasteiger partial charge is 0.208 e. The lowest BCUT2D eigenvalue weighted by Crippen LogP contribution is -2.15. The van der Waals surface area contributed by atoms with E-state index in [9.17, 15) is 13.2 Å². The number of allylic oxidation sites excluding steroid dienone is 3. The van der Waals surface area contributed by atoms with Crippen molar-refractivity contribution < 1.29 is 13.2 Å². The SMILES string of the molecule is C/C=C/CCc1ccc2c(F)c(C(F)=C(F)C3CCC(CC)CC3)ccc2c1. The van der Waals surface area contributed by atoms with E-state index in [4.69, 9.17) is 0 Å². The second-order valence-electron chi connectivity index (χ2n) is 7.88. The Morgan fingerprint density at radius 3 is 2.50 bits per heavy atom. The molecule has 2 aromatic carbocycles. The summed E-state index contributed by atoms with van der Waals surface area (Å²) >= 11 is 0. The molecule has 3 rings (SSSR count). The Kier molecular flexibility index (Phi) is 6.98. The summed E-state index contributed by atoms with van der Waals surface area (Å²) in [5, 5.41) is 1.06. The van der Waals surface area contributed by atoms with Gasteiger partial charge in [0.1, 0.15) is 11.6 Å². The zero-order valence-electron chi connectivity index (χ0n) is 16.8. The molecule has 1 fully saturated rings. The van der Waals surface area contributed by atoms with Gasteiger partial charge in [0.25, 0.3) is 0 Å². The number of benzene rings is 2. The molecule has 0 atom stereocenters. The molecular formula is C25H29F3. The summed E-state index contributed by atoms with van der Waals surface area (Å²) in [5.41, 5.74) is 0.844. The summed E-state index contributed by atoms with van der Waals surface area (Å²) < 4.78 is 44.5. The highest BCUT2D eigenvalue weighted by molar-refractivity contribution is 5.87. The van der Waals surface area contributed by atoms with Crippen molar-refractivity contribution >= 4 is 16.6 Å². The predicted molar refractivity (Wildman–Crippen MR) is 112 cm³/mol. The lowest BCUT2D eigenvalue weighted by Gasteiger charge is -2.27. The van der Waals surface area contributed by atoms with Gasteiger partial charge in [0.2, 0.25) is 0 Å². The van der Waals surface area contributed by atoms with Gasteiger partial charge in [0.15, 0.2) is 5.83 Å². The number of hydrogen-bond donors (Lipinski definition) is 0. The van der Waals surface area contributed by atoms with Gasteiger partial charge in [-0.2, -0.15) is 0 Å². The van der Waals surface area contributed by atoms with Gasteiger partial charge in [0, 0.05) is 16.9 Å². The Bertz CT molecular complexity index is 871. The van der Waals surface area contributed by atoms with Crippen molar-refractivity contribution in [2.24, 2.45) is 11.8 Å². The third-order valence-corrected chi connectivity index (χ3v) is 6.08. The minimum Gasteiger partial charge on any atom is -0.208 e. The summed E-state index contributed by atoms with van der Waals surface area (Å²) in [7, 11) is 0. The minimum absolute atomic E-state index is 0.260. The van der Waals surface area contributed by atoms with Crippen molar-refractivity contribution in [2.45, 2.75) is 58.8 Å². The third kappa shape index (κ3) is 4.51. The standard InChI is InChI=1S/C25H29F3/c1-3-5-6-7-18-10-14-21-20(16-18)13-15-22(24(21)27)25(28)23(26)19-11-8-17(4-2)9-12-19/h3,5,10,13-17,19H,4,6-9,11-12H2,1-2H3/b5-3+,25-23?. The maximum absolute atomic E-state index is 15.0. The van der Waals surface area contributed by atoms with E-state index in [-0.39, 0.29) is 5.56 Å². The van der Waals surface area contributed by atoms with Gasteiger partial charge in [0.05, 0.1) is 0 Å². The van der Waals surface area contributed by atoms with Gasteiger partial charge >= 0.3 is 0 Å². The monoisotopic (exact) mass is 386 g/mol. The van der Waals surface area contributed by atoms with Crippen LogP contribution in [-0.2, 0) is 6.42 Å². The van der Waals surface area contributed by atoms with E-state index >= 15 is 0 Å². The van der Waals surface area contributed by atoms with Crippen molar-refractivity contribution in [2.75, 3.05) is 0 Å². The number of rotatable bonds is 6. The van der Waals surface area contributed by atoms with Crippen molar-refractivity contribution in [3.8, 4) is 0 Å². The van der Waals surface area contributed by atoms with Crippen molar-refractivity contribution in [3.63, 3.8) is 0 Å². The molecule has 0 aromatic heterocycles. The highest BCUT2D eigenvalue weighted by atomic mass is 19.2. The summed E-state index contributed by atoms with van der Waals surface area (Å²) in [6, 6.07) is 8.53. The van der Waals surface area contributed by atoms with Crippen molar-refractivity contribution in [3.05, 3.63) is 65.3 Å². The lowest BCUT2D eigenvalue weighted by atomic mass is 9.80. The van der Waals surface area contributed by atoms with Gasteiger partial charge in [-0.3, -0.25) is 0 Å². The number of aryl methyl sites for hydroxylation is 1. The molecule has 3 heteroatoms. The molecule has 28 heavy (non-hydrogen) atoms. The summed E-state index contributed by atoms with van der Waals surface area (Å²) in [5.74, 6) is -2.31. The molecule has 0 bridgehead atoms. The maximum atomic E-state index is 15.0. The van der Waals surface area contributed by atoms with Crippen LogP contribution >= 0.6 is 0 Å². The molecule has 0 amide bonds. The number of fused-ring (bicyclic) bond motifs is 1. The summed E-state index contributed by atoms with van der Waals surface area (Å²) in [6.45, 7) is 4.11. The molecule has 0 spiro atoms. The van der Waals surface area contributed by atoms with E-state index in [1.807, 2.05) is 25.1 Å². The second kappa shape index (κ2) is 9.45. The molecule has 0 heterocycles. The first-order valence-electron chi connectivity index (χ1n) is 10.4. The Hall–Kier alpha value is -2.03. The molecule has 0 N–H and O–H groups in total. The van der Waals surface area contributed by atoms with Crippen LogP contribution in [0.15, 0.2) is 48.3 Å². The molecule has 1 aliphatic rings. The van der Waals surface area contributed by atoms with E-state index in [2.05, 4.69) is 13.0 Å². The van der Waals surface area contributed by atoms with Gasteiger partial charge < -0.3 is 0 Å². The Labute approximate surface area is 166 Å². The average molecular weight is 387 g/mol. The molecule has 2 aromatic rings. The second-order valence-corrected chi connectivity index (χ2v) is 7.88. The predicted octanol–water partition coefficient (Wildman–Crippen LogP) is 8.31. The molecule has 0 radical (unpaired) electrons. The molecule has 0 nitrogen and oxygen atoms in total. The summed E-state index contributed by atoms with van der Waals surface area (Å²) in [4.78, 5) is 0. The first-order chi connectivity index (χ1) is 13.5. The third-order valence-electron chi connectivity index (χ3n) is 6.08. The maximum Gasteiger partial charge on any atom is 0.165 e. The smallest absolute Gasteiger partial charge is 0.165 e. The van der Waals surface area contributed by atoms with Crippen LogP contribution in [0.5, 0.6) is 0 Å². The van der Waals surface area contributed by atoms with E-state index in [1.54, 1.807) is 12.1 Å². The average Bonchev–Trinajstić information content (AvgIpc) is 2.73. The molecule has 0 aliphatic heterocycles. The molecule has 1 aliphatic carbocycles. The number of halogens is 3. The van der Waals surface area contributed by atoms with Crippen molar-refractivity contribution in [1.29, 1.82) is 0 Å². The van der Waals surface area contributed by atoms with Crippen LogP contribution in [0.25, 0.3) is 16.6 Å². The number of hydrogen-bond acceptors (Lipinski definition) is 0. The minimum atomic E-state index is -1.03. The van der Waals surface area contributed by atoms with E-state index < -0.39 is 23.4 Å². The fraction of sp³-hybridized carbons (Fsp3) is 0.440. The Morgan fingerprint density at radius 2 is 1.82 bits per heavy atom. The van der Waals surface area contributed by atoms with Crippen LogP contribution in [-0.4, -0.2) is 0 Å². The van der Waals surface area contributed by atoms with E-state index in [0.717, 1.165) is 43.1 Å². The van der Waals surface area contributed by atoms with Crippen LogP contribution in [0.2, 0.25) is 0 Å². The van der Waals surface area contributed by atoms with Crippen LogP contribution in [0, 0.1) is 17.7 Å². The van der Waals surface area contributed by atoms with Crippen LogP contribution in [0.1, 0.15) is 63.5 Å². The topological polar surface area (TPSA) is 0 Å². The molecule has 1 saturated carbocycles. The van der Waals surface area contributed by atoms with Crippen LogP contribution in [0.4, 0.5) is 13.2 Å². The first-order valence-corrected chi connectivity index (χ1v) is 10.4. The van der Waals surface area contributed by atoms with Gasteiger partial charge in [-0.05, 0) is 68.4 Å². The highest BCUT2D eigenvalue weighted by Crippen LogP contribution is 2.39. The normalized spacial score (nSPS) is 21.3. The molecule has 150 valence electrons. The van der Waals surface area contributed by atoms with Crippen LogP contribution < -0.4 is 0 Å². The fourth-order valence-electron chi connectivity index (χ4n) is 4.22. The molecule has 0 unspecified atom stereocenters. The Balaban J connectivity index is 1.86. The Morgan fingerprint density at radius 1 is 1.07 bits per heavy atom. The van der Waals surface area contributed by atoms with Crippen molar-refractivity contribution in [1.82, 2.24) is 0 Å². The van der Waals surface area contributed by atoms with Gasteiger partial charge in [-0.15, -0.1) is 0 Å². The zero-order chi connectivity index (χ0) is 20.1. The summed E-state index contributed by atoms with van der Waals surface area (Å²) in [6.07, 6.45) is 10.1. The first kappa shape index (κ1) is 20.7. The lowest BCUT2D eigenvalue weighted by molar-refractivity contribution is 0.268. The quantitative estimate of drug-likeness (QED) is 0.438. The van der Waals surface area contributed by atoms with Gasteiger partial charge in [-0.1, -0.05) is 49.8 Å². The molecular weight excluding hydrogens is 357 g/mol. The highest BCUT2D eigenvalue weighted by Gasteiger charge is 2.27. The van der Waals surface area contributed by atoms with Gasteiger partial charge in [-0.25, -0.2) is 13.2 Å². The van der Waals surface area contributed by atoms with Crippen LogP contribution in [0.3, 0.4) is 0 Å². The molecule has 0 saturated heterocycles. The fourth-order valence-corrected chi connectivity index (χ4v) is 4.22. The van der Waals surface area contributed by atoms with E-state index in [1.165, 1.54) is 6.07 Å². The van der Waals surface area contributed by atoms with E-state index in [0.29, 0.717) is 24.1 Å². The zero-order valence-corrected chi connectivity index (χ0v) is 16.8.